The molecule has 46 heavy (non-hydrogen) atoms. The van der Waals surface area contributed by atoms with Gasteiger partial charge in [-0.1, -0.05) is 127 Å². The molecule has 0 aliphatic heterocycles. The highest BCUT2D eigenvalue weighted by atomic mass is 15.1. The van der Waals surface area contributed by atoms with Gasteiger partial charge >= 0.3 is 0 Å². The van der Waals surface area contributed by atoms with Gasteiger partial charge in [0.1, 0.15) is 0 Å². The monoisotopic (exact) mass is 592 g/mol. The van der Waals surface area contributed by atoms with Crippen LogP contribution in [0.15, 0.2) is 182 Å². The fourth-order valence-electron chi connectivity index (χ4n) is 6.03. The van der Waals surface area contributed by atoms with Crippen molar-refractivity contribution in [1.29, 1.82) is 0 Å². The molecule has 0 amide bonds. The molecule has 0 atom stereocenters. The third kappa shape index (κ3) is 6.20. The molecule has 0 radical (unpaired) electrons. The summed E-state index contributed by atoms with van der Waals surface area (Å²) in [6.07, 6.45) is 10.6. The quantitative estimate of drug-likeness (QED) is 0.162. The van der Waals surface area contributed by atoms with E-state index in [1.54, 1.807) is 0 Å². The SMILES string of the molecule is C\C(=C/C=C/C=C/c1ccc(N(C)c2ccc3ccccc3c2)cc1)N(c1ccc2ccccc2c1)c1ccc2ccccc2c1. The summed E-state index contributed by atoms with van der Waals surface area (Å²) in [5, 5.41) is 7.45. The third-order valence-electron chi connectivity index (χ3n) is 8.58. The van der Waals surface area contributed by atoms with Crippen LogP contribution < -0.4 is 9.80 Å². The van der Waals surface area contributed by atoms with E-state index in [9.17, 15) is 0 Å². The molecule has 0 N–H and O–H groups in total. The van der Waals surface area contributed by atoms with E-state index in [-0.39, 0.29) is 0 Å². The molecular formula is C44H36N2. The minimum Gasteiger partial charge on any atom is -0.345 e. The van der Waals surface area contributed by atoms with Gasteiger partial charge in [0.2, 0.25) is 0 Å². The maximum absolute atomic E-state index is 2.33. The summed E-state index contributed by atoms with van der Waals surface area (Å²) in [7, 11) is 2.12. The van der Waals surface area contributed by atoms with E-state index in [1.807, 2.05) is 0 Å². The van der Waals surface area contributed by atoms with Crippen LogP contribution in [0.1, 0.15) is 12.5 Å². The first-order valence-electron chi connectivity index (χ1n) is 15.7. The Morgan fingerprint density at radius 3 is 1.39 bits per heavy atom. The number of rotatable bonds is 8. The van der Waals surface area contributed by atoms with E-state index in [4.69, 9.17) is 0 Å². The Morgan fingerprint density at radius 2 is 0.870 bits per heavy atom. The molecule has 0 fully saturated rings. The van der Waals surface area contributed by atoms with Crippen molar-refractivity contribution in [2.24, 2.45) is 0 Å². The summed E-state index contributed by atoms with van der Waals surface area (Å²) in [6.45, 7) is 2.17. The van der Waals surface area contributed by atoms with Crippen LogP contribution in [0.5, 0.6) is 0 Å². The van der Waals surface area contributed by atoms with E-state index < -0.39 is 0 Å². The standard InChI is InChI=1S/C44H36N2/c1-33(46(43-28-23-36-15-7-10-18-39(36)31-43)44-29-24-37-16-8-11-19-40(37)32-44)12-4-3-5-13-34-20-25-41(26-21-34)45(2)42-27-22-35-14-6-9-17-38(35)30-42/h3-32H,1-2H3/b4-3+,13-5+,33-12+. The van der Waals surface area contributed by atoms with Gasteiger partial charge in [0.25, 0.3) is 0 Å². The molecule has 0 aromatic heterocycles. The molecule has 7 aromatic rings. The van der Waals surface area contributed by atoms with Crippen molar-refractivity contribution < 1.29 is 0 Å². The van der Waals surface area contributed by atoms with Gasteiger partial charge in [-0.15, -0.1) is 0 Å². The fraction of sp³-hybridized carbons (Fsp3) is 0.0455. The zero-order valence-corrected chi connectivity index (χ0v) is 26.2. The lowest BCUT2D eigenvalue weighted by atomic mass is 10.1. The second-order valence-electron chi connectivity index (χ2n) is 11.6. The minimum absolute atomic E-state index is 1.14. The van der Waals surface area contributed by atoms with Gasteiger partial charge in [-0.25, -0.2) is 0 Å². The minimum atomic E-state index is 1.14. The fourth-order valence-corrected chi connectivity index (χ4v) is 6.03. The summed E-state index contributed by atoms with van der Waals surface area (Å²) >= 11 is 0. The Labute approximate surface area is 271 Å². The molecule has 2 heteroatoms. The van der Waals surface area contributed by atoms with Gasteiger partial charge < -0.3 is 9.80 Å². The third-order valence-corrected chi connectivity index (χ3v) is 8.58. The van der Waals surface area contributed by atoms with Crippen molar-refractivity contribution in [1.82, 2.24) is 0 Å². The van der Waals surface area contributed by atoms with Gasteiger partial charge in [-0.05, 0) is 99.4 Å². The molecule has 0 spiro atoms. The number of benzene rings is 7. The first-order valence-corrected chi connectivity index (χ1v) is 15.7. The highest BCUT2D eigenvalue weighted by Crippen LogP contribution is 2.34. The van der Waals surface area contributed by atoms with E-state index in [0.29, 0.717) is 0 Å². The molecule has 0 aliphatic carbocycles. The Morgan fingerprint density at radius 1 is 0.435 bits per heavy atom. The molecule has 0 bridgehead atoms. The highest BCUT2D eigenvalue weighted by Gasteiger charge is 2.13. The van der Waals surface area contributed by atoms with E-state index in [2.05, 4.69) is 206 Å². The average molecular weight is 593 g/mol. The van der Waals surface area contributed by atoms with Crippen molar-refractivity contribution in [3.05, 3.63) is 187 Å². The summed E-state index contributed by atoms with van der Waals surface area (Å²) in [5.74, 6) is 0. The number of allylic oxidation sites excluding steroid dienone is 5. The molecule has 0 saturated heterocycles. The first kappa shape index (κ1) is 28.9. The lowest BCUT2D eigenvalue weighted by Crippen LogP contribution is -2.14. The molecule has 2 nitrogen and oxygen atoms in total. The zero-order chi connectivity index (χ0) is 31.3. The smallest absolute Gasteiger partial charge is 0.0464 e. The maximum Gasteiger partial charge on any atom is 0.0464 e. The summed E-state index contributed by atoms with van der Waals surface area (Å²) in [5.41, 5.74) is 6.91. The summed E-state index contributed by atoms with van der Waals surface area (Å²) in [6, 6.07) is 54.2. The van der Waals surface area contributed by atoms with Gasteiger partial charge in [-0.2, -0.15) is 0 Å². The molecule has 0 heterocycles. The van der Waals surface area contributed by atoms with Crippen molar-refractivity contribution in [3.8, 4) is 0 Å². The lowest BCUT2D eigenvalue weighted by Gasteiger charge is -2.26. The van der Waals surface area contributed by atoms with Crippen LogP contribution in [0.2, 0.25) is 0 Å². The average Bonchev–Trinajstić information content (AvgIpc) is 3.11. The molecule has 0 saturated carbocycles. The second-order valence-corrected chi connectivity index (χ2v) is 11.6. The normalized spacial score (nSPS) is 12.1. The Balaban J connectivity index is 1.09. The van der Waals surface area contributed by atoms with Crippen LogP contribution in [-0.2, 0) is 0 Å². The van der Waals surface area contributed by atoms with Gasteiger partial charge in [0.15, 0.2) is 0 Å². The zero-order valence-electron chi connectivity index (χ0n) is 26.2. The largest absolute Gasteiger partial charge is 0.345 e. The van der Waals surface area contributed by atoms with Crippen LogP contribution in [0.3, 0.4) is 0 Å². The van der Waals surface area contributed by atoms with Gasteiger partial charge in [0.05, 0.1) is 0 Å². The van der Waals surface area contributed by atoms with E-state index in [0.717, 1.165) is 28.3 Å². The predicted octanol–water partition coefficient (Wildman–Crippen LogP) is 12.2. The number of hydrogen-bond acceptors (Lipinski definition) is 2. The maximum atomic E-state index is 2.33. The number of nitrogens with zero attached hydrogens (tertiary/aromatic N) is 2. The Kier molecular flexibility index (Phi) is 8.17. The number of hydrogen-bond donors (Lipinski definition) is 0. The number of anilines is 4. The van der Waals surface area contributed by atoms with Crippen molar-refractivity contribution >= 4 is 61.1 Å². The van der Waals surface area contributed by atoms with E-state index in [1.165, 1.54) is 38.0 Å². The first-order chi connectivity index (χ1) is 22.6. The van der Waals surface area contributed by atoms with Crippen LogP contribution in [0, 0.1) is 0 Å². The van der Waals surface area contributed by atoms with E-state index >= 15 is 0 Å². The van der Waals surface area contributed by atoms with Crippen molar-refractivity contribution in [2.75, 3.05) is 16.8 Å². The molecule has 0 aliphatic rings. The lowest BCUT2D eigenvalue weighted by molar-refractivity contribution is 1.16. The Hall–Kier alpha value is -5.86. The number of fused-ring (bicyclic) bond motifs is 3. The van der Waals surface area contributed by atoms with Crippen molar-refractivity contribution in [3.63, 3.8) is 0 Å². The van der Waals surface area contributed by atoms with Gasteiger partial charge in [-0.3, -0.25) is 0 Å². The Bertz CT molecular complexity index is 2160. The molecule has 7 rings (SSSR count). The molecule has 222 valence electrons. The predicted molar refractivity (Wildman–Crippen MR) is 200 cm³/mol. The van der Waals surface area contributed by atoms with Crippen LogP contribution in [0.4, 0.5) is 22.7 Å². The summed E-state index contributed by atoms with van der Waals surface area (Å²) in [4.78, 5) is 4.56. The molecule has 0 unspecified atom stereocenters. The topological polar surface area (TPSA) is 6.48 Å². The van der Waals surface area contributed by atoms with Crippen LogP contribution >= 0.6 is 0 Å². The van der Waals surface area contributed by atoms with Gasteiger partial charge in [0, 0.05) is 35.5 Å². The molecule has 7 aromatic carbocycles. The highest BCUT2D eigenvalue weighted by molar-refractivity contribution is 5.91. The second kappa shape index (κ2) is 13.0. The van der Waals surface area contributed by atoms with Crippen molar-refractivity contribution in [2.45, 2.75) is 6.92 Å². The molecular weight excluding hydrogens is 556 g/mol. The van der Waals surface area contributed by atoms with Crippen LogP contribution in [-0.4, -0.2) is 7.05 Å². The summed E-state index contributed by atoms with van der Waals surface area (Å²) < 4.78 is 0. The van der Waals surface area contributed by atoms with Crippen LogP contribution in [0.25, 0.3) is 38.4 Å².